The van der Waals surface area contributed by atoms with E-state index in [1.165, 1.54) is 43.0 Å². The second-order valence-corrected chi connectivity index (χ2v) is 27.2. The number of halogens is 1. The number of H-pyrrole nitrogens is 1. The number of aliphatic hydroxyl groups is 1. The van der Waals surface area contributed by atoms with Gasteiger partial charge in [0.1, 0.15) is 66.2 Å². The van der Waals surface area contributed by atoms with Crippen LogP contribution < -0.4 is 75.7 Å². The first-order valence-electron chi connectivity index (χ1n) is 35.1. The fourth-order valence-electron chi connectivity index (χ4n) is 12.4. The molecule has 0 saturated carbocycles. The third-order valence-electron chi connectivity index (χ3n) is 17.9. The number of urea groups is 1. The summed E-state index contributed by atoms with van der Waals surface area (Å²) in [7, 11) is 0. The molecule has 0 unspecified atom stereocenters. The SMILES string of the molecule is CC(=O)N[C@H](Cc1ccc2ccccc2c1)C(=O)N[C@H](Cc1ccc(Cl)cc1)C(=O)N[C@H](Cc1c[nH]c2ccccc12)C(=O)N[C@@H](CO)C(=O)N[C@@H](Cc1ccc(O)cc1)C(=O)N[C@H](CCCCNC(N)=O)C(=O)N[C@@H](CC(C)C)C(=O)N[C@@H](CCCNC(=N)N)C(=O)N1CCC[C@H]1C(=O)N[C@H](C)C(N)=O. The Morgan fingerprint density at radius 3 is 1.66 bits per heavy atom. The predicted molar refractivity (Wildman–Crippen MR) is 396 cm³/mol. The molecule has 568 valence electrons. The number of fused-ring (bicyclic) bond motifs is 2. The smallest absolute Gasteiger partial charge is 0.312 e. The Balaban J connectivity index is 1.15. The number of hydrogen-bond acceptors (Lipinski definition) is 15. The van der Waals surface area contributed by atoms with Gasteiger partial charge < -0.3 is 95.8 Å². The molecule has 0 aliphatic carbocycles. The van der Waals surface area contributed by atoms with Gasteiger partial charge in [-0.2, -0.15) is 0 Å². The van der Waals surface area contributed by atoms with E-state index in [1.54, 1.807) is 68.6 Å². The molecule has 106 heavy (non-hydrogen) atoms. The van der Waals surface area contributed by atoms with Gasteiger partial charge in [-0.05, 0) is 128 Å². The number of aromatic nitrogens is 1. The zero-order valence-corrected chi connectivity index (χ0v) is 60.3. The summed E-state index contributed by atoms with van der Waals surface area (Å²) < 4.78 is 0. The average molecular weight is 1480 g/mol. The number of hydrogen-bond donors (Lipinski definition) is 18. The molecule has 5 aromatic carbocycles. The predicted octanol–water partition coefficient (Wildman–Crippen LogP) is 0.970. The van der Waals surface area contributed by atoms with Crippen molar-refractivity contribution < 1.29 is 67.7 Å². The fourth-order valence-corrected chi connectivity index (χ4v) is 12.5. The lowest BCUT2D eigenvalue weighted by atomic mass is 9.99. The summed E-state index contributed by atoms with van der Waals surface area (Å²) in [5.41, 5.74) is 19.1. The summed E-state index contributed by atoms with van der Waals surface area (Å²) in [6.45, 7) is 5.41. The van der Waals surface area contributed by atoms with Crippen LogP contribution in [0.25, 0.3) is 21.7 Å². The van der Waals surface area contributed by atoms with Crippen molar-refractivity contribution in [2.24, 2.45) is 23.1 Å². The Morgan fingerprint density at radius 2 is 1.06 bits per heavy atom. The first-order chi connectivity index (χ1) is 50.5. The van der Waals surface area contributed by atoms with E-state index in [9.17, 15) is 53.4 Å². The van der Waals surface area contributed by atoms with Gasteiger partial charge in [0.25, 0.3) is 0 Å². The molecule has 1 aliphatic rings. The number of guanidine groups is 1. The number of amides is 13. The number of likely N-dealkylation sites (tertiary alicyclic amines) is 1. The van der Waals surface area contributed by atoms with Gasteiger partial charge in [-0.25, -0.2) is 4.79 Å². The van der Waals surface area contributed by atoms with Crippen LogP contribution in [0.5, 0.6) is 5.75 Å². The monoisotopic (exact) mass is 1480 g/mol. The van der Waals surface area contributed by atoms with Crippen molar-refractivity contribution in [2.45, 2.75) is 165 Å². The Hall–Kier alpha value is -11.3. The van der Waals surface area contributed by atoms with Crippen molar-refractivity contribution in [1.29, 1.82) is 5.41 Å². The lowest BCUT2D eigenvalue weighted by molar-refractivity contribution is -0.142. The van der Waals surface area contributed by atoms with Gasteiger partial charge in [0.05, 0.1) is 6.61 Å². The number of para-hydroxylation sites is 1. The van der Waals surface area contributed by atoms with E-state index in [0.29, 0.717) is 44.6 Å². The molecule has 1 saturated heterocycles. The zero-order chi connectivity index (χ0) is 77.1. The first kappa shape index (κ1) is 82.0. The van der Waals surface area contributed by atoms with E-state index >= 15 is 14.4 Å². The number of benzene rings is 5. The first-order valence-corrected chi connectivity index (χ1v) is 35.5. The number of unbranched alkanes of at least 4 members (excludes halogenated alkanes) is 1. The van der Waals surface area contributed by atoms with Crippen molar-refractivity contribution in [3.05, 3.63) is 149 Å². The van der Waals surface area contributed by atoms with Crippen LogP contribution in [0.15, 0.2) is 121 Å². The fraction of sp³-hybridized carbons (Fsp3) is 0.419. The van der Waals surface area contributed by atoms with E-state index in [-0.39, 0.29) is 108 Å². The largest absolute Gasteiger partial charge is 0.508 e. The van der Waals surface area contributed by atoms with Gasteiger partial charge in [0.2, 0.25) is 65.0 Å². The molecular weight excluding hydrogens is 1390 g/mol. The number of carbonyl (C=O) groups excluding carboxylic acids is 12. The Kier molecular flexibility index (Phi) is 31.0. The summed E-state index contributed by atoms with van der Waals surface area (Å²) in [5.74, 6) is -9.79. The van der Waals surface area contributed by atoms with Crippen LogP contribution in [-0.2, 0) is 78.4 Å². The molecule has 1 fully saturated rings. The summed E-state index contributed by atoms with van der Waals surface area (Å²) in [4.78, 5) is 172. The lowest BCUT2D eigenvalue weighted by Gasteiger charge is -2.31. The number of phenols is 1. The summed E-state index contributed by atoms with van der Waals surface area (Å²) in [6, 6.07) is 17.7. The topological polar surface area (TPSA) is 499 Å². The minimum absolute atomic E-state index is 0.0122. The lowest BCUT2D eigenvalue weighted by Crippen LogP contribution is -2.61. The van der Waals surface area contributed by atoms with Crippen molar-refractivity contribution in [3.8, 4) is 5.75 Å². The van der Waals surface area contributed by atoms with E-state index in [4.69, 9.17) is 34.2 Å². The quantitative estimate of drug-likeness (QED) is 0.0145. The average Bonchev–Trinajstić information content (AvgIpc) is 1.60. The number of nitrogens with one attached hydrogen (secondary N) is 13. The van der Waals surface area contributed by atoms with Crippen LogP contribution in [0.3, 0.4) is 0 Å². The molecule has 1 aromatic heterocycles. The van der Waals surface area contributed by atoms with Crippen LogP contribution in [0, 0.1) is 11.3 Å². The molecule has 0 spiro atoms. The van der Waals surface area contributed by atoms with Crippen molar-refractivity contribution >= 4 is 110 Å². The molecule has 1 aliphatic heterocycles. The molecule has 7 rings (SSSR count). The van der Waals surface area contributed by atoms with E-state index < -0.39 is 138 Å². The van der Waals surface area contributed by atoms with Crippen molar-refractivity contribution in [1.82, 2.24) is 68.4 Å². The highest BCUT2D eigenvalue weighted by molar-refractivity contribution is 6.30. The summed E-state index contributed by atoms with van der Waals surface area (Å²) >= 11 is 6.26. The number of phenolic OH excluding ortho intramolecular Hbond substituents is 1. The molecule has 31 nitrogen and oxygen atoms in total. The number of rotatable bonds is 39. The van der Waals surface area contributed by atoms with Gasteiger partial charge >= 0.3 is 6.03 Å². The van der Waals surface area contributed by atoms with Crippen LogP contribution >= 0.6 is 11.6 Å². The van der Waals surface area contributed by atoms with Crippen LogP contribution in [0.1, 0.15) is 101 Å². The molecule has 13 amide bonds. The number of nitrogens with two attached hydrogens (primary N) is 3. The zero-order valence-electron chi connectivity index (χ0n) is 59.6. The second-order valence-electron chi connectivity index (χ2n) is 26.7. The molecule has 6 aromatic rings. The number of aromatic hydroxyl groups is 1. The number of aliphatic hydroxyl groups excluding tert-OH is 1. The maximum absolute atomic E-state index is 15.0. The molecule has 2 heterocycles. The minimum Gasteiger partial charge on any atom is -0.508 e. The Bertz CT molecular complexity index is 4100. The van der Waals surface area contributed by atoms with Gasteiger partial charge in [-0.15, -0.1) is 0 Å². The van der Waals surface area contributed by atoms with Crippen molar-refractivity contribution in [2.75, 3.05) is 26.2 Å². The molecule has 21 N–H and O–H groups in total. The number of aromatic amines is 1. The van der Waals surface area contributed by atoms with Gasteiger partial charge in [0.15, 0.2) is 5.96 Å². The number of primary amides is 2. The summed E-state index contributed by atoms with van der Waals surface area (Å²) in [5, 5.41) is 61.1. The highest BCUT2D eigenvalue weighted by Gasteiger charge is 2.40. The number of carbonyl (C=O) groups is 12. The van der Waals surface area contributed by atoms with E-state index in [2.05, 4.69) is 63.5 Å². The minimum atomic E-state index is -1.85. The van der Waals surface area contributed by atoms with Crippen LogP contribution in [-0.4, -0.2) is 184 Å². The molecule has 32 heteroatoms. The molecule has 0 bridgehead atoms. The second kappa shape index (κ2) is 40.1. The normalized spacial score (nSPS) is 15.2. The van der Waals surface area contributed by atoms with Crippen molar-refractivity contribution in [3.63, 3.8) is 0 Å². The van der Waals surface area contributed by atoms with E-state index in [0.717, 1.165) is 10.8 Å². The molecule has 0 radical (unpaired) electrons. The Morgan fingerprint density at radius 1 is 0.557 bits per heavy atom. The van der Waals surface area contributed by atoms with Crippen LogP contribution in [0.4, 0.5) is 4.79 Å². The molecular formula is C74H96ClN17O14. The Labute approximate surface area is 618 Å². The molecule has 10 atom stereocenters. The standard InChI is InChI=1S/C74H96ClN17O14/c1-41(2)33-56(65(98)86-55(18-11-31-80-73(77)78)72(105)92-32-12-19-62(92)71(104)83-42(3)63(76)96)87-64(97)54(17-9-10-30-81-74(79)106)85-67(100)58(36-45-23-28-51(95)29-24-45)89-70(103)61(40-93)91-69(102)60(38-49-39-82-53-16-8-7-15-52(49)53)90-68(101)59(35-44-21-26-50(75)27-22-44)88-66(99)57(84-43(4)94)37-46-20-25-47-13-5-6-14-48(47)34-46/h5-8,13-16,20-29,34,39,41-42,54-62,82,93,95H,9-12,17-19,30-33,35-38,40H2,1-4H3,(H2,76,96)(H,83,104)(H,84,94)(H,85,100)(H,86,98)(H,87,97)(H,88,99)(H,89,103)(H,90,101)(H,91,102)(H4,77,78,80)(H3,79,81,106)/t42-,54-,55+,56+,57-,58+,59-,60-,61+,62+/m1/s1. The third-order valence-corrected chi connectivity index (χ3v) is 18.2. The third kappa shape index (κ3) is 25.2. The van der Waals surface area contributed by atoms with Gasteiger partial charge in [-0.1, -0.05) is 110 Å². The maximum Gasteiger partial charge on any atom is 0.312 e. The van der Waals surface area contributed by atoms with Gasteiger partial charge in [-0.3, -0.25) is 58.1 Å². The highest BCUT2D eigenvalue weighted by atomic mass is 35.5. The van der Waals surface area contributed by atoms with Gasteiger partial charge in [0, 0.05) is 74.4 Å². The number of nitrogens with zero attached hydrogens (tertiary/aromatic N) is 1. The van der Waals surface area contributed by atoms with E-state index in [1.807, 2.05) is 42.5 Å². The maximum atomic E-state index is 15.0. The van der Waals surface area contributed by atoms with Crippen LogP contribution in [0.2, 0.25) is 5.02 Å². The highest BCUT2D eigenvalue weighted by Crippen LogP contribution is 2.24. The summed E-state index contributed by atoms with van der Waals surface area (Å²) in [6.07, 6.45) is 1.97.